The molecule has 1 aromatic rings. The minimum atomic E-state index is 0. The molecule has 1 heteroatoms. The van der Waals surface area contributed by atoms with Gasteiger partial charge in [-0.2, -0.15) is 0 Å². The molecule has 0 fully saturated rings. The van der Waals surface area contributed by atoms with Crippen LogP contribution in [0, 0.1) is 6.92 Å². The first-order valence-corrected chi connectivity index (χ1v) is 2.61. The second-order valence-electron chi connectivity index (χ2n) is 1.91. The Morgan fingerprint density at radius 2 is 1.40 bits per heavy atom. The minimum absolute atomic E-state index is 0. The molecule has 0 aliphatic carbocycles. The van der Waals surface area contributed by atoms with E-state index in [1.165, 1.54) is 5.56 Å². The van der Waals surface area contributed by atoms with E-state index in [0.29, 0.717) is 0 Å². The van der Waals surface area contributed by atoms with Crippen molar-refractivity contribution >= 4 is 5.69 Å². The molecule has 0 amide bonds. The lowest BCUT2D eigenvalue weighted by Crippen LogP contribution is -1.81. The maximum atomic E-state index is 5.43. The number of rotatable bonds is 0. The molecule has 0 bridgehead atoms. The summed E-state index contributed by atoms with van der Waals surface area (Å²) in [5.41, 5.74) is 7.51. The summed E-state index contributed by atoms with van der Waals surface area (Å²) >= 11 is 0. The molecule has 0 aliphatic heterocycles. The Morgan fingerprint density at radius 1 is 1.00 bits per heavy atom. The molecule has 0 aromatic heterocycles. The molecule has 10 heavy (non-hydrogen) atoms. The van der Waals surface area contributed by atoms with Gasteiger partial charge in [0.1, 0.15) is 0 Å². The number of aryl methyl sites for hydroxylation is 1. The van der Waals surface area contributed by atoms with Gasteiger partial charge in [0.2, 0.25) is 0 Å². The smallest absolute Gasteiger partial charge is 0.0314 e. The van der Waals surface area contributed by atoms with E-state index in [1.807, 2.05) is 31.2 Å². The van der Waals surface area contributed by atoms with Crippen molar-refractivity contribution in [1.29, 1.82) is 0 Å². The van der Waals surface area contributed by atoms with Crippen molar-refractivity contribution in [3.63, 3.8) is 0 Å². The maximum Gasteiger partial charge on any atom is 0.0314 e. The molecular formula is C9H17N. The Balaban J connectivity index is 0. The molecule has 0 saturated carbocycles. The predicted molar refractivity (Wildman–Crippen MR) is 49.1 cm³/mol. The third-order valence-corrected chi connectivity index (χ3v) is 1.08. The van der Waals surface area contributed by atoms with Gasteiger partial charge in [-0.1, -0.05) is 32.5 Å². The third-order valence-electron chi connectivity index (χ3n) is 1.08. The highest BCUT2D eigenvalue weighted by Gasteiger charge is 1.80. The molecule has 0 unspecified atom stereocenters. The van der Waals surface area contributed by atoms with Crippen LogP contribution < -0.4 is 5.73 Å². The quantitative estimate of drug-likeness (QED) is 0.549. The van der Waals surface area contributed by atoms with Gasteiger partial charge in [-0.25, -0.2) is 0 Å². The van der Waals surface area contributed by atoms with Gasteiger partial charge in [0.25, 0.3) is 0 Å². The van der Waals surface area contributed by atoms with Crippen LogP contribution in [0.5, 0.6) is 0 Å². The highest BCUT2D eigenvalue weighted by molar-refractivity contribution is 5.38. The van der Waals surface area contributed by atoms with E-state index < -0.39 is 0 Å². The van der Waals surface area contributed by atoms with Crippen molar-refractivity contribution in [3.05, 3.63) is 29.8 Å². The molecule has 0 atom stereocenters. The summed E-state index contributed by atoms with van der Waals surface area (Å²) in [7, 11) is 0. The van der Waals surface area contributed by atoms with Gasteiger partial charge in [-0.3, -0.25) is 0 Å². The SMILES string of the molecule is C.C.Cc1ccc(N)cc1. The highest BCUT2D eigenvalue weighted by atomic mass is 14.5. The van der Waals surface area contributed by atoms with E-state index >= 15 is 0 Å². The van der Waals surface area contributed by atoms with E-state index in [2.05, 4.69) is 0 Å². The lowest BCUT2D eigenvalue weighted by atomic mass is 10.2. The van der Waals surface area contributed by atoms with Gasteiger partial charge in [-0.15, -0.1) is 0 Å². The summed E-state index contributed by atoms with van der Waals surface area (Å²) in [6, 6.07) is 7.79. The molecule has 0 aliphatic rings. The fourth-order valence-electron chi connectivity index (χ4n) is 0.566. The van der Waals surface area contributed by atoms with Crippen LogP contribution in [-0.4, -0.2) is 0 Å². The van der Waals surface area contributed by atoms with E-state index in [4.69, 9.17) is 5.73 Å². The lowest BCUT2D eigenvalue weighted by Gasteiger charge is -1.90. The molecule has 1 rings (SSSR count). The van der Waals surface area contributed by atoms with Crippen LogP contribution in [0.25, 0.3) is 0 Å². The van der Waals surface area contributed by atoms with Crippen molar-refractivity contribution in [2.75, 3.05) is 5.73 Å². The topological polar surface area (TPSA) is 26.0 Å². The van der Waals surface area contributed by atoms with Gasteiger partial charge in [0, 0.05) is 5.69 Å². The summed E-state index contributed by atoms with van der Waals surface area (Å²) < 4.78 is 0. The molecule has 0 saturated heterocycles. The average Bonchev–Trinajstić information content (AvgIpc) is 1.77. The molecule has 1 aromatic carbocycles. The monoisotopic (exact) mass is 139 g/mol. The first-order valence-electron chi connectivity index (χ1n) is 2.61. The van der Waals surface area contributed by atoms with Crippen LogP contribution in [-0.2, 0) is 0 Å². The van der Waals surface area contributed by atoms with Crippen molar-refractivity contribution in [3.8, 4) is 0 Å². The Bertz CT molecular complexity index is 144. The predicted octanol–water partition coefficient (Wildman–Crippen LogP) is 2.85. The van der Waals surface area contributed by atoms with E-state index in [-0.39, 0.29) is 14.9 Å². The number of nitrogens with two attached hydrogens (primary N) is 1. The van der Waals surface area contributed by atoms with Gasteiger partial charge >= 0.3 is 0 Å². The zero-order chi connectivity index (χ0) is 5.98. The second kappa shape index (κ2) is 4.86. The highest BCUT2D eigenvalue weighted by Crippen LogP contribution is 2.02. The van der Waals surface area contributed by atoms with Crippen LogP contribution in [0.4, 0.5) is 5.69 Å². The van der Waals surface area contributed by atoms with Crippen LogP contribution in [0.15, 0.2) is 24.3 Å². The summed E-state index contributed by atoms with van der Waals surface area (Å²) in [5, 5.41) is 0. The molecule has 0 heterocycles. The Morgan fingerprint density at radius 3 is 1.70 bits per heavy atom. The first-order chi connectivity index (χ1) is 3.79. The average molecular weight is 139 g/mol. The van der Waals surface area contributed by atoms with Gasteiger partial charge in [-0.05, 0) is 19.1 Å². The Labute approximate surface area is 63.9 Å². The van der Waals surface area contributed by atoms with Gasteiger partial charge in [0.05, 0.1) is 0 Å². The number of anilines is 1. The standard InChI is InChI=1S/C7H9N.2CH4/c1-6-2-4-7(8)5-3-6;;/h2-5H,8H2,1H3;2*1H4. The van der Waals surface area contributed by atoms with E-state index in [9.17, 15) is 0 Å². The van der Waals surface area contributed by atoms with Crippen LogP contribution >= 0.6 is 0 Å². The van der Waals surface area contributed by atoms with E-state index in [0.717, 1.165) is 5.69 Å². The molecular weight excluding hydrogens is 122 g/mol. The third kappa shape index (κ3) is 3.13. The fraction of sp³-hybridized carbons (Fsp3) is 0.333. The van der Waals surface area contributed by atoms with Gasteiger partial charge in [0.15, 0.2) is 0 Å². The van der Waals surface area contributed by atoms with Gasteiger partial charge < -0.3 is 5.73 Å². The van der Waals surface area contributed by atoms with Crippen molar-refractivity contribution < 1.29 is 0 Å². The molecule has 2 N–H and O–H groups in total. The number of benzene rings is 1. The largest absolute Gasteiger partial charge is 0.399 e. The van der Waals surface area contributed by atoms with Crippen LogP contribution in [0.1, 0.15) is 20.4 Å². The normalized spacial score (nSPS) is 7.30. The summed E-state index contributed by atoms with van der Waals surface area (Å²) in [4.78, 5) is 0. The first kappa shape index (κ1) is 11.8. The summed E-state index contributed by atoms with van der Waals surface area (Å²) in [5.74, 6) is 0. The Kier molecular flexibility index (Phi) is 5.72. The second-order valence-corrected chi connectivity index (χ2v) is 1.91. The van der Waals surface area contributed by atoms with Crippen molar-refractivity contribution in [2.24, 2.45) is 0 Å². The minimum Gasteiger partial charge on any atom is -0.399 e. The Hall–Kier alpha value is -0.980. The van der Waals surface area contributed by atoms with Crippen molar-refractivity contribution in [2.45, 2.75) is 21.8 Å². The zero-order valence-electron chi connectivity index (χ0n) is 4.89. The molecule has 0 radical (unpaired) electrons. The number of nitrogen functional groups attached to an aromatic ring is 1. The molecule has 58 valence electrons. The van der Waals surface area contributed by atoms with Crippen LogP contribution in [0.3, 0.4) is 0 Å². The summed E-state index contributed by atoms with van der Waals surface area (Å²) in [6.45, 7) is 2.04. The number of hydrogen-bond acceptors (Lipinski definition) is 1. The van der Waals surface area contributed by atoms with E-state index in [1.54, 1.807) is 0 Å². The zero-order valence-corrected chi connectivity index (χ0v) is 4.89. The molecule has 0 spiro atoms. The maximum absolute atomic E-state index is 5.43. The summed E-state index contributed by atoms with van der Waals surface area (Å²) in [6.07, 6.45) is 0. The van der Waals surface area contributed by atoms with Crippen LogP contribution in [0.2, 0.25) is 0 Å². The fourth-order valence-corrected chi connectivity index (χ4v) is 0.566. The van der Waals surface area contributed by atoms with Crippen molar-refractivity contribution in [1.82, 2.24) is 0 Å². The lowest BCUT2D eigenvalue weighted by molar-refractivity contribution is 1.47. The molecule has 1 nitrogen and oxygen atoms in total. The number of hydrogen-bond donors (Lipinski definition) is 1.